The van der Waals surface area contributed by atoms with Crippen molar-refractivity contribution < 1.29 is 13.2 Å². The van der Waals surface area contributed by atoms with E-state index in [0.717, 1.165) is 57.2 Å². The van der Waals surface area contributed by atoms with E-state index in [-0.39, 0.29) is 16.2 Å². The molecule has 1 spiro atoms. The third-order valence-corrected chi connectivity index (χ3v) is 18.3. The van der Waals surface area contributed by atoms with Crippen LogP contribution in [0.4, 0.5) is 13.2 Å². The SMILES string of the molecule is CC1(C)c2cc(C(F)(F)F)ccc2-c2c(-c3nc(-c4ccccc4)nc(-c4ccc(C56CC7CC8CC(c9cccc%10sc%11cc(-c%12ccc(C#N)cc%12)ccc%11c9%10)(C5)C786)cc4)n3)cccc21. The molecule has 0 radical (unpaired) electrons. The lowest BCUT2D eigenvalue weighted by molar-refractivity contribution is -0.412. The maximum atomic E-state index is 14.0. The van der Waals surface area contributed by atoms with E-state index in [0.29, 0.717) is 28.6 Å². The summed E-state index contributed by atoms with van der Waals surface area (Å²) in [6.07, 6.45) is 0.531. The minimum Gasteiger partial charge on any atom is -0.208 e. The third-order valence-electron chi connectivity index (χ3n) is 17.2. The predicted molar refractivity (Wildman–Crippen MR) is 259 cm³/mol. The van der Waals surface area contributed by atoms with Crippen molar-refractivity contribution in [3.05, 3.63) is 185 Å². The second kappa shape index (κ2) is 13.1. The van der Waals surface area contributed by atoms with Crippen LogP contribution in [0.1, 0.15) is 72.9 Å². The number of fused-ring (bicyclic) bond motifs is 6. The minimum absolute atomic E-state index is 0.143. The van der Waals surface area contributed by atoms with Crippen LogP contribution in [0.15, 0.2) is 152 Å². The molecule has 0 N–H and O–H groups in total. The van der Waals surface area contributed by atoms with Gasteiger partial charge < -0.3 is 0 Å². The van der Waals surface area contributed by atoms with E-state index in [2.05, 4.69) is 66.7 Å². The number of thiophene rings is 1. The molecule has 0 saturated heterocycles. The number of hydrogen-bond donors (Lipinski definition) is 0. The number of halogens is 3. The zero-order valence-corrected chi connectivity index (χ0v) is 37.6. The van der Waals surface area contributed by atoms with E-state index in [9.17, 15) is 18.4 Å². The van der Waals surface area contributed by atoms with Crippen LogP contribution in [0, 0.1) is 28.6 Å². The van der Waals surface area contributed by atoms with E-state index in [1.165, 1.54) is 62.7 Å². The largest absolute Gasteiger partial charge is 0.416 e. The summed E-state index contributed by atoms with van der Waals surface area (Å²) in [7, 11) is 0. The summed E-state index contributed by atoms with van der Waals surface area (Å²) >= 11 is 1.89. The number of aromatic nitrogens is 3. The standard InChI is InChI=1S/C59H41F3N4S/c1-55(2)45-11-6-10-44(50(45)42-25-23-39(28-47(42)55)59(60,61)62)54-65-52(35-8-4-3-5-9-35)64-53(66-54)36-18-21-38(22-19-36)56-29-40-27-41-30-57(32-56,58(40,41)56)46-12-7-13-48-51(46)43-24-20-37(26-49(43)67-48)34-16-14-33(31-63)15-17-34/h3-26,28,40-41H,27,29-30,32H2,1-2H3. The molecule has 2 aromatic heterocycles. The van der Waals surface area contributed by atoms with Gasteiger partial charge in [0.05, 0.1) is 17.2 Å². The smallest absolute Gasteiger partial charge is 0.208 e. The second-order valence-corrected chi connectivity index (χ2v) is 21.4. The molecule has 4 nitrogen and oxygen atoms in total. The van der Waals surface area contributed by atoms with Crippen LogP contribution in [0.2, 0.25) is 0 Å². The van der Waals surface area contributed by atoms with Gasteiger partial charge in [-0.1, -0.05) is 129 Å². The van der Waals surface area contributed by atoms with Crippen molar-refractivity contribution in [1.82, 2.24) is 15.0 Å². The lowest BCUT2D eigenvalue weighted by Gasteiger charge is -2.96. The molecule has 7 aromatic carbocycles. The molecule has 5 aliphatic carbocycles. The van der Waals surface area contributed by atoms with Gasteiger partial charge in [-0.15, -0.1) is 11.3 Å². The quantitative estimate of drug-likeness (QED) is 0.167. The summed E-state index contributed by atoms with van der Waals surface area (Å²) in [6.45, 7) is 3.98. The van der Waals surface area contributed by atoms with Gasteiger partial charge in [0, 0.05) is 53.1 Å². The number of alkyl halides is 3. The van der Waals surface area contributed by atoms with Crippen LogP contribution in [0.25, 0.3) is 76.6 Å². The Kier molecular flexibility index (Phi) is 7.70. The molecule has 0 aliphatic heterocycles. The van der Waals surface area contributed by atoms with Crippen molar-refractivity contribution >= 4 is 31.5 Å². The minimum atomic E-state index is -4.44. The second-order valence-electron chi connectivity index (χ2n) is 20.3. The zero-order valence-electron chi connectivity index (χ0n) is 36.7. The van der Waals surface area contributed by atoms with E-state index < -0.39 is 17.2 Å². The summed E-state index contributed by atoms with van der Waals surface area (Å²) < 4.78 is 44.6. The first kappa shape index (κ1) is 39.2. The normalized spacial score (nSPS) is 24.5. The van der Waals surface area contributed by atoms with Gasteiger partial charge in [-0.3, -0.25) is 0 Å². The Morgan fingerprint density at radius 1 is 0.597 bits per heavy atom. The highest BCUT2D eigenvalue weighted by Crippen LogP contribution is 2.97. The van der Waals surface area contributed by atoms with Gasteiger partial charge in [0.1, 0.15) is 0 Å². The van der Waals surface area contributed by atoms with Gasteiger partial charge in [0.15, 0.2) is 17.5 Å². The summed E-state index contributed by atoms with van der Waals surface area (Å²) in [5, 5.41) is 12.1. The lowest BCUT2D eigenvalue weighted by Crippen LogP contribution is -2.93. The van der Waals surface area contributed by atoms with Crippen LogP contribution in [-0.4, -0.2) is 15.0 Å². The van der Waals surface area contributed by atoms with Gasteiger partial charge in [0.25, 0.3) is 0 Å². The molecule has 14 rings (SSSR count). The molecule has 67 heavy (non-hydrogen) atoms. The molecule has 4 fully saturated rings. The molecule has 5 aliphatic rings. The fourth-order valence-corrected chi connectivity index (χ4v) is 15.8. The summed E-state index contributed by atoms with van der Waals surface area (Å²) in [5.74, 6) is 3.08. The van der Waals surface area contributed by atoms with Crippen molar-refractivity contribution in [2.24, 2.45) is 17.3 Å². The highest BCUT2D eigenvalue weighted by molar-refractivity contribution is 7.25. The molecular formula is C59H41F3N4S. The molecule has 8 heteroatoms. The number of rotatable bonds is 6. The predicted octanol–water partition coefficient (Wildman–Crippen LogP) is 15.1. The molecular weight excluding hydrogens is 854 g/mol. The Morgan fingerprint density at radius 3 is 2.00 bits per heavy atom. The van der Waals surface area contributed by atoms with Crippen molar-refractivity contribution in [1.29, 1.82) is 5.26 Å². The number of hydrogen-bond acceptors (Lipinski definition) is 5. The average Bonchev–Trinajstić information content (AvgIpc) is 3.82. The molecule has 5 unspecified atom stereocenters. The van der Waals surface area contributed by atoms with Crippen LogP contribution in [-0.2, 0) is 22.4 Å². The van der Waals surface area contributed by atoms with Crippen molar-refractivity contribution in [3.63, 3.8) is 0 Å². The molecule has 5 atom stereocenters. The molecule has 0 amide bonds. The first-order chi connectivity index (χ1) is 32.4. The Labute approximate surface area is 389 Å². The first-order valence-corrected chi connectivity index (χ1v) is 24.0. The topological polar surface area (TPSA) is 62.5 Å². The molecule has 0 bridgehead atoms. The fraction of sp³-hybridized carbons (Fsp3) is 0.220. The Balaban J connectivity index is 0.834. The van der Waals surface area contributed by atoms with Gasteiger partial charge in [-0.2, -0.15) is 18.4 Å². The Hall–Kier alpha value is -6.95. The van der Waals surface area contributed by atoms with E-state index >= 15 is 0 Å². The first-order valence-electron chi connectivity index (χ1n) is 23.2. The number of nitrogens with zero attached hydrogens (tertiary/aromatic N) is 4. The van der Waals surface area contributed by atoms with Gasteiger partial charge in [-0.25, -0.2) is 15.0 Å². The van der Waals surface area contributed by atoms with Crippen LogP contribution in [0.5, 0.6) is 0 Å². The summed E-state index contributed by atoms with van der Waals surface area (Å²) in [4.78, 5) is 15.3. The highest BCUT2D eigenvalue weighted by atomic mass is 32.1. The molecule has 2 heterocycles. The number of nitriles is 1. The third kappa shape index (κ3) is 4.95. The van der Waals surface area contributed by atoms with E-state index in [1.54, 1.807) is 11.6 Å². The van der Waals surface area contributed by atoms with Crippen LogP contribution >= 0.6 is 11.3 Å². The summed E-state index contributed by atoms with van der Waals surface area (Å²) in [6, 6.07) is 53.0. The molecule has 324 valence electrons. The maximum Gasteiger partial charge on any atom is 0.416 e. The van der Waals surface area contributed by atoms with Crippen LogP contribution < -0.4 is 0 Å². The Morgan fingerprint density at radius 2 is 1.27 bits per heavy atom. The van der Waals surface area contributed by atoms with Gasteiger partial charge in [-0.05, 0) is 124 Å². The average molecular weight is 895 g/mol. The molecule has 9 aromatic rings. The lowest BCUT2D eigenvalue weighted by atomic mass is 9.07. The number of benzene rings is 7. The monoisotopic (exact) mass is 894 g/mol. The van der Waals surface area contributed by atoms with Crippen molar-refractivity contribution in [3.8, 4) is 62.5 Å². The highest BCUT2D eigenvalue weighted by Gasteiger charge is 2.94. The van der Waals surface area contributed by atoms with Gasteiger partial charge >= 0.3 is 6.18 Å². The summed E-state index contributed by atoms with van der Waals surface area (Å²) in [5.41, 5.74) is 11.0. The molecule has 4 saturated carbocycles. The van der Waals surface area contributed by atoms with Crippen molar-refractivity contribution in [2.45, 2.75) is 62.0 Å². The Bertz CT molecular complexity index is 3640. The van der Waals surface area contributed by atoms with E-state index in [4.69, 9.17) is 15.0 Å². The van der Waals surface area contributed by atoms with E-state index in [1.807, 2.05) is 98.0 Å². The maximum absolute atomic E-state index is 14.0. The van der Waals surface area contributed by atoms with Gasteiger partial charge in [0.2, 0.25) is 0 Å². The van der Waals surface area contributed by atoms with Crippen molar-refractivity contribution in [2.75, 3.05) is 0 Å². The fourth-order valence-electron chi connectivity index (χ4n) is 14.6. The van der Waals surface area contributed by atoms with Crippen LogP contribution in [0.3, 0.4) is 0 Å². The zero-order chi connectivity index (χ0) is 45.2.